The van der Waals surface area contributed by atoms with Crippen molar-refractivity contribution < 1.29 is 14.0 Å². The largest absolute Gasteiger partial charge is 0.341 e. The van der Waals surface area contributed by atoms with Crippen LogP contribution in [0.3, 0.4) is 0 Å². The third kappa shape index (κ3) is 6.31. The van der Waals surface area contributed by atoms with Gasteiger partial charge in [-0.2, -0.15) is 5.10 Å². The molecule has 3 saturated heterocycles. The van der Waals surface area contributed by atoms with Crippen LogP contribution < -0.4 is 5.32 Å². The van der Waals surface area contributed by atoms with E-state index in [9.17, 15) is 14.0 Å². The summed E-state index contributed by atoms with van der Waals surface area (Å²) in [6, 6.07) is 10.7. The Bertz CT molecular complexity index is 1390. The summed E-state index contributed by atoms with van der Waals surface area (Å²) in [5, 5.41) is 11.3. The van der Waals surface area contributed by atoms with E-state index >= 15 is 0 Å². The lowest BCUT2D eigenvalue weighted by Gasteiger charge is -2.41. The Hall–Kier alpha value is -3.46. The molecule has 3 aliphatic heterocycles. The Kier molecular flexibility index (Phi) is 8.74. The van der Waals surface area contributed by atoms with Crippen LogP contribution in [0.1, 0.15) is 67.6 Å². The molecule has 3 amide bonds. The van der Waals surface area contributed by atoms with E-state index in [4.69, 9.17) is 0 Å². The summed E-state index contributed by atoms with van der Waals surface area (Å²) >= 11 is 0. The molecule has 0 saturated carbocycles. The Morgan fingerprint density at radius 2 is 1.69 bits per heavy atom. The number of amides is 3. The van der Waals surface area contributed by atoms with Crippen LogP contribution in [-0.2, 0) is 11.2 Å². The van der Waals surface area contributed by atoms with Crippen LogP contribution in [-0.4, -0.2) is 88.2 Å². The number of nitrogens with one attached hydrogen (secondary N) is 2. The maximum atomic E-state index is 14.4. The van der Waals surface area contributed by atoms with E-state index in [-0.39, 0.29) is 23.7 Å². The summed E-state index contributed by atoms with van der Waals surface area (Å²) in [4.78, 5) is 33.9. The van der Waals surface area contributed by atoms with Crippen molar-refractivity contribution in [3.05, 3.63) is 65.1 Å². The molecule has 8 nitrogen and oxygen atoms in total. The van der Waals surface area contributed by atoms with E-state index < -0.39 is 6.04 Å². The first-order valence-corrected chi connectivity index (χ1v) is 15.7. The highest BCUT2D eigenvalue weighted by Crippen LogP contribution is 2.30. The van der Waals surface area contributed by atoms with Gasteiger partial charge in [0, 0.05) is 44.0 Å². The zero-order valence-electron chi connectivity index (χ0n) is 24.7. The number of rotatable bonds is 6. The average Bonchev–Trinajstić information content (AvgIpc) is 3.51. The van der Waals surface area contributed by atoms with Gasteiger partial charge in [-0.1, -0.05) is 30.7 Å². The number of hydrogen-bond donors (Lipinski definition) is 2. The number of aryl methyl sites for hydroxylation is 1. The summed E-state index contributed by atoms with van der Waals surface area (Å²) < 4.78 is 14.4. The number of hydrogen-bond acceptors (Lipinski definition) is 4. The molecule has 42 heavy (non-hydrogen) atoms. The Balaban J connectivity index is 1.13. The van der Waals surface area contributed by atoms with Gasteiger partial charge in [0.15, 0.2) is 0 Å². The maximum Gasteiger partial charge on any atom is 0.318 e. The van der Waals surface area contributed by atoms with Crippen LogP contribution in [0.5, 0.6) is 0 Å². The monoisotopic (exact) mass is 574 g/mol. The summed E-state index contributed by atoms with van der Waals surface area (Å²) in [7, 11) is 0. The topological polar surface area (TPSA) is 84.6 Å². The van der Waals surface area contributed by atoms with Crippen LogP contribution in [0, 0.1) is 12.7 Å². The number of benzene rings is 2. The van der Waals surface area contributed by atoms with E-state index in [1.54, 1.807) is 17.2 Å². The van der Waals surface area contributed by atoms with Crippen molar-refractivity contribution in [2.75, 3.05) is 39.3 Å². The molecule has 2 aromatic carbocycles. The van der Waals surface area contributed by atoms with Gasteiger partial charge in [-0.3, -0.25) is 9.89 Å². The van der Waals surface area contributed by atoms with Gasteiger partial charge in [-0.05, 0) is 93.3 Å². The SMILES string of the molecule is Cc1cc(C[C@@H](NC(=O)N2CCC(c3ccccc3F)CC2)C(=O)N2CCC(N3CCCCC3)CC2)cc2cn[nH]c12. The van der Waals surface area contributed by atoms with E-state index in [0.717, 1.165) is 53.5 Å². The highest BCUT2D eigenvalue weighted by atomic mass is 19.1. The molecule has 4 heterocycles. The molecule has 6 rings (SSSR count). The molecule has 0 aliphatic carbocycles. The van der Waals surface area contributed by atoms with Gasteiger partial charge in [-0.15, -0.1) is 0 Å². The minimum atomic E-state index is -0.655. The molecule has 0 radical (unpaired) electrons. The minimum absolute atomic E-state index is 0.00775. The first kappa shape index (κ1) is 28.6. The lowest BCUT2D eigenvalue weighted by atomic mass is 9.89. The lowest BCUT2D eigenvalue weighted by Crippen LogP contribution is -2.56. The van der Waals surface area contributed by atoms with Crippen LogP contribution in [0.4, 0.5) is 9.18 Å². The predicted molar refractivity (Wildman–Crippen MR) is 162 cm³/mol. The number of piperidine rings is 3. The van der Waals surface area contributed by atoms with Gasteiger partial charge < -0.3 is 20.0 Å². The Labute approximate surface area is 247 Å². The highest BCUT2D eigenvalue weighted by Gasteiger charge is 2.33. The maximum absolute atomic E-state index is 14.4. The van der Waals surface area contributed by atoms with Gasteiger partial charge >= 0.3 is 6.03 Å². The molecule has 0 bridgehead atoms. The van der Waals surface area contributed by atoms with E-state index in [2.05, 4.69) is 32.5 Å². The average molecular weight is 575 g/mol. The second-order valence-corrected chi connectivity index (χ2v) is 12.4. The van der Waals surface area contributed by atoms with Crippen molar-refractivity contribution in [3.63, 3.8) is 0 Å². The molecule has 1 aromatic heterocycles. The summed E-state index contributed by atoms with van der Waals surface area (Å²) in [6.45, 7) is 6.88. The molecule has 0 unspecified atom stereocenters. The standard InChI is InChI=1S/C33H43FN6O2/c1-23-19-24(20-26-22-35-37-31(23)26)21-30(32(41)39-17-11-27(12-18-39)38-13-5-2-6-14-38)36-33(42)40-15-9-25(10-16-40)28-7-3-4-8-29(28)34/h3-4,7-8,19-20,22,25,27,30H,2,5-6,9-18,21H2,1H3,(H,35,37)(H,36,42)/t30-/m1/s1. The molecule has 9 heteroatoms. The number of aromatic amines is 1. The zero-order chi connectivity index (χ0) is 29.1. The molecular weight excluding hydrogens is 531 g/mol. The van der Waals surface area contributed by atoms with Gasteiger partial charge in [0.2, 0.25) is 5.91 Å². The number of likely N-dealkylation sites (tertiary alicyclic amines) is 3. The third-order valence-electron chi connectivity index (χ3n) is 9.65. The van der Waals surface area contributed by atoms with E-state index in [1.807, 2.05) is 24.0 Å². The first-order valence-electron chi connectivity index (χ1n) is 15.7. The van der Waals surface area contributed by atoms with Gasteiger partial charge in [0.1, 0.15) is 11.9 Å². The second kappa shape index (κ2) is 12.8. The quantitative estimate of drug-likeness (QED) is 0.435. The Morgan fingerprint density at radius 1 is 0.976 bits per heavy atom. The van der Waals surface area contributed by atoms with Crippen molar-refractivity contribution in [1.82, 2.24) is 30.2 Å². The number of halogens is 1. The van der Waals surface area contributed by atoms with Crippen molar-refractivity contribution >= 4 is 22.8 Å². The molecule has 3 fully saturated rings. The highest BCUT2D eigenvalue weighted by molar-refractivity contribution is 5.88. The molecule has 224 valence electrons. The second-order valence-electron chi connectivity index (χ2n) is 12.4. The van der Waals surface area contributed by atoms with Gasteiger partial charge in [-0.25, -0.2) is 9.18 Å². The fourth-order valence-corrected chi connectivity index (χ4v) is 7.26. The number of H-pyrrole nitrogens is 1. The van der Waals surface area contributed by atoms with Crippen LogP contribution >= 0.6 is 0 Å². The summed E-state index contributed by atoms with van der Waals surface area (Å²) in [6.07, 6.45) is 9.44. The van der Waals surface area contributed by atoms with Crippen LogP contribution in [0.25, 0.3) is 10.9 Å². The number of fused-ring (bicyclic) bond motifs is 1. The van der Waals surface area contributed by atoms with Crippen molar-refractivity contribution in [3.8, 4) is 0 Å². The third-order valence-corrected chi connectivity index (χ3v) is 9.65. The summed E-state index contributed by atoms with van der Waals surface area (Å²) in [5.74, 6) is -0.0924. The molecule has 0 spiro atoms. The molecule has 2 N–H and O–H groups in total. The Morgan fingerprint density at radius 3 is 2.43 bits per heavy atom. The van der Waals surface area contributed by atoms with E-state index in [0.29, 0.717) is 38.4 Å². The smallest absolute Gasteiger partial charge is 0.318 e. The van der Waals surface area contributed by atoms with Crippen molar-refractivity contribution in [2.24, 2.45) is 0 Å². The predicted octanol–water partition coefficient (Wildman–Crippen LogP) is 4.99. The molecule has 1 atom stereocenters. The zero-order valence-corrected chi connectivity index (χ0v) is 24.7. The fourth-order valence-electron chi connectivity index (χ4n) is 7.26. The summed E-state index contributed by atoms with van der Waals surface area (Å²) in [5.41, 5.74) is 3.78. The van der Waals surface area contributed by atoms with Gasteiger partial charge in [0.25, 0.3) is 0 Å². The van der Waals surface area contributed by atoms with Crippen molar-refractivity contribution in [1.29, 1.82) is 0 Å². The first-order chi connectivity index (χ1) is 20.5. The number of aromatic nitrogens is 2. The minimum Gasteiger partial charge on any atom is -0.341 e. The van der Waals surface area contributed by atoms with Gasteiger partial charge in [0.05, 0.1) is 11.7 Å². The van der Waals surface area contributed by atoms with Crippen LogP contribution in [0.2, 0.25) is 0 Å². The molecular formula is C33H43FN6O2. The number of nitrogens with zero attached hydrogens (tertiary/aromatic N) is 4. The lowest BCUT2D eigenvalue weighted by molar-refractivity contribution is -0.134. The number of carbonyl (C=O) groups is 2. The molecule has 3 aromatic rings. The molecule has 3 aliphatic rings. The normalized spacial score (nSPS) is 20.1. The fraction of sp³-hybridized carbons (Fsp3) is 0.545. The number of carbonyl (C=O) groups excluding carboxylic acids is 2. The van der Waals surface area contributed by atoms with Crippen LogP contribution in [0.15, 0.2) is 42.6 Å². The van der Waals surface area contributed by atoms with E-state index in [1.165, 1.54) is 38.4 Å². The number of urea groups is 1. The van der Waals surface area contributed by atoms with Crippen molar-refractivity contribution in [2.45, 2.75) is 76.3 Å².